The lowest BCUT2D eigenvalue weighted by atomic mass is 10.2. The van der Waals surface area contributed by atoms with Crippen LogP contribution in [0.25, 0.3) is 12.0 Å². The van der Waals surface area contributed by atoms with Crippen LogP contribution in [0.5, 0.6) is 0 Å². The number of rotatable bonds is 2. The number of nitrogens with zero attached hydrogens (tertiary/aromatic N) is 1. The van der Waals surface area contributed by atoms with Crippen molar-refractivity contribution in [3.05, 3.63) is 52.5 Å². The van der Waals surface area contributed by atoms with Crippen LogP contribution in [0.2, 0.25) is 0 Å². The molecule has 1 aromatic carbocycles. The van der Waals surface area contributed by atoms with E-state index in [0.29, 0.717) is 0 Å². The normalized spacial score (nSPS) is 11.7. The van der Waals surface area contributed by atoms with E-state index < -0.39 is 0 Å². The second kappa shape index (κ2) is 4.28. The predicted octanol–water partition coefficient (Wildman–Crippen LogP) is 1.66. The minimum Gasteiger partial charge on any atom is -0.868 e. The summed E-state index contributed by atoms with van der Waals surface area (Å²) < 4.78 is 1.85. The Hall–Kier alpha value is -1.61. The zero-order valence-corrected chi connectivity index (χ0v) is 9.20. The van der Waals surface area contributed by atoms with Crippen LogP contribution in [0.1, 0.15) is 11.3 Å². The summed E-state index contributed by atoms with van der Waals surface area (Å²) in [6.45, 7) is 1.98. The maximum Gasteiger partial charge on any atom is 0.230 e. The molecule has 76 valence electrons. The van der Waals surface area contributed by atoms with Gasteiger partial charge in [0, 0.05) is 6.92 Å². The molecule has 0 amide bonds. The summed E-state index contributed by atoms with van der Waals surface area (Å²) in [5.41, 5.74) is 3.70. The zero-order valence-electron chi connectivity index (χ0n) is 8.38. The zero-order chi connectivity index (χ0) is 10.7. The second-order valence-corrected chi connectivity index (χ2v) is 3.99. The smallest absolute Gasteiger partial charge is 0.230 e. The third-order valence-electron chi connectivity index (χ3n) is 2.13. The SMILES string of the molecule is Cc1csc[n+]1/C=C(\[O-])c1ccccc1. The van der Waals surface area contributed by atoms with Gasteiger partial charge in [0.15, 0.2) is 11.9 Å². The number of hydrogen-bond donors (Lipinski definition) is 0. The van der Waals surface area contributed by atoms with Gasteiger partial charge in [-0.05, 0) is 11.3 Å². The van der Waals surface area contributed by atoms with Crippen LogP contribution in [-0.4, -0.2) is 0 Å². The molecule has 2 nitrogen and oxygen atoms in total. The number of hydrogen-bond acceptors (Lipinski definition) is 2. The molecule has 1 heterocycles. The number of benzene rings is 1. The van der Waals surface area contributed by atoms with E-state index in [1.807, 2.05) is 52.7 Å². The van der Waals surface area contributed by atoms with Crippen molar-refractivity contribution in [3.63, 3.8) is 0 Å². The molecule has 0 radical (unpaired) electrons. The molecule has 0 spiro atoms. The Balaban J connectivity index is 2.33. The minimum atomic E-state index is 0.0297. The number of aromatic nitrogens is 1. The lowest BCUT2D eigenvalue weighted by Crippen LogP contribution is -2.27. The molecule has 0 bridgehead atoms. The van der Waals surface area contributed by atoms with Crippen molar-refractivity contribution in [2.75, 3.05) is 0 Å². The summed E-state index contributed by atoms with van der Waals surface area (Å²) in [5, 5.41) is 13.8. The highest BCUT2D eigenvalue weighted by Crippen LogP contribution is 2.07. The van der Waals surface area contributed by atoms with E-state index in [1.165, 1.54) is 0 Å². The summed E-state index contributed by atoms with van der Waals surface area (Å²) >= 11 is 1.58. The van der Waals surface area contributed by atoms with Crippen LogP contribution in [0.4, 0.5) is 0 Å². The monoisotopic (exact) mass is 217 g/mol. The van der Waals surface area contributed by atoms with Crippen molar-refractivity contribution < 1.29 is 9.67 Å². The summed E-state index contributed by atoms with van der Waals surface area (Å²) in [5.74, 6) is 0.0297. The van der Waals surface area contributed by atoms with E-state index in [4.69, 9.17) is 0 Å². The van der Waals surface area contributed by atoms with Crippen molar-refractivity contribution >= 4 is 23.3 Å². The van der Waals surface area contributed by atoms with Crippen molar-refractivity contribution in [3.8, 4) is 0 Å². The third kappa shape index (κ3) is 2.25. The van der Waals surface area contributed by atoms with Gasteiger partial charge in [-0.25, -0.2) is 0 Å². The molecule has 0 saturated heterocycles. The lowest BCUT2D eigenvalue weighted by molar-refractivity contribution is -0.571. The number of aryl methyl sites for hydroxylation is 1. The maximum atomic E-state index is 11.8. The Morgan fingerprint density at radius 2 is 2.07 bits per heavy atom. The Bertz CT molecular complexity index is 473. The van der Waals surface area contributed by atoms with Crippen LogP contribution in [0.3, 0.4) is 0 Å². The average Bonchev–Trinajstić information content (AvgIpc) is 2.66. The molecule has 0 atom stereocenters. The standard InChI is InChI=1S/C12H11NOS/c1-10-8-15-9-13(10)7-12(14)11-5-3-2-4-6-11/h2-9H,1H3/b12-7-. The summed E-state index contributed by atoms with van der Waals surface area (Å²) in [4.78, 5) is 0. The highest BCUT2D eigenvalue weighted by atomic mass is 32.1. The Labute approximate surface area is 92.8 Å². The molecule has 15 heavy (non-hydrogen) atoms. The highest BCUT2D eigenvalue weighted by molar-refractivity contribution is 7.07. The largest absolute Gasteiger partial charge is 0.868 e. The van der Waals surface area contributed by atoms with Gasteiger partial charge in [-0.2, -0.15) is 4.57 Å². The molecule has 0 unspecified atom stereocenters. The molecular weight excluding hydrogens is 206 g/mol. The highest BCUT2D eigenvalue weighted by Gasteiger charge is 2.02. The van der Waals surface area contributed by atoms with Gasteiger partial charge in [0.1, 0.15) is 0 Å². The molecule has 0 N–H and O–H groups in total. The fourth-order valence-corrected chi connectivity index (χ4v) is 2.01. The summed E-state index contributed by atoms with van der Waals surface area (Å²) in [6, 6.07) is 9.28. The van der Waals surface area contributed by atoms with Crippen LogP contribution >= 0.6 is 11.3 Å². The minimum absolute atomic E-state index is 0.0297. The van der Waals surface area contributed by atoms with Crippen molar-refractivity contribution in [1.82, 2.24) is 0 Å². The molecule has 0 aliphatic rings. The van der Waals surface area contributed by atoms with Crippen LogP contribution in [0, 0.1) is 6.92 Å². The Morgan fingerprint density at radius 3 is 2.67 bits per heavy atom. The van der Waals surface area contributed by atoms with Crippen molar-refractivity contribution in [2.45, 2.75) is 6.92 Å². The first-order valence-electron chi connectivity index (χ1n) is 4.65. The van der Waals surface area contributed by atoms with E-state index >= 15 is 0 Å². The van der Waals surface area contributed by atoms with Gasteiger partial charge in [-0.3, -0.25) is 0 Å². The first-order chi connectivity index (χ1) is 7.27. The molecule has 0 saturated carbocycles. The van der Waals surface area contributed by atoms with Crippen molar-refractivity contribution in [2.24, 2.45) is 0 Å². The van der Waals surface area contributed by atoms with E-state index in [2.05, 4.69) is 0 Å². The molecule has 2 aromatic rings. The van der Waals surface area contributed by atoms with Gasteiger partial charge < -0.3 is 5.11 Å². The lowest BCUT2D eigenvalue weighted by Gasteiger charge is -2.07. The van der Waals surface area contributed by atoms with Gasteiger partial charge in [-0.15, -0.1) is 0 Å². The number of thiazole rings is 1. The van der Waals surface area contributed by atoms with E-state index in [-0.39, 0.29) is 5.76 Å². The maximum absolute atomic E-state index is 11.8. The van der Waals surface area contributed by atoms with E-state index in [1.54, 1.807) is 17.5 Å². The van der Waals surface area contributed by atoms with Gasteiger partial charge in [0.05, 0.1) is 5.38 Å². The molecular formula is C12H11NOS. The van der Waals surface area contributed by atoms with Crippen LogP contribution < -0.4 is 9.67 Å². The molecule has 3 heteroatoms. The van der Waals surface area contributed by atoms with Gasteiger partial charge in [0.2, 0.25) is 5.51 Å². The van der Waals surface area contributed by atoms with E-state index in [9.17, 15) is 5.11 Å². The third-order valence-corrected chi connectivity index (χ3v) is 2.96. The average molecular weight is 217 g/mol. The summed E-state index contributed by atoms with van der Waals surface area (Å²) in [7, 11) is 0. The van der Waals surface area contributed by atoms with E-state index in [0.717, 1.165) is 11.3 Å². The molecule has 2 rings (SSSR count). The van der Waals surface area contributed by atoms with Crippen molar-refractivity contribution in [1.29, 1.82) is 0 Å². The quantitative estimate of drug-likeness (QED) is 0.555. The second-order valence-electron chi connectivity index (χ2n) is 3.27. The fraction of sp³-hybridized carbons (Fsp3) is 0.0833. The van der Waals surface area contributed by atoms with Gasteiger partial charge in [-0.1, -0.05) is 41.7 Å². The molecule has 0 fully saturated rings. The van der Waals surface area contributed by atoms with Gasteiger partial charge >= 0.3 is 0 Å². The molecule has 1 aromatic heterocycles. The van der Waals surface area contributed by atoms with Gasteiger partial charge in [0.25, 0.3) is 0 Å². The molecule has 0 aliphatic heterocycles. The topological polar surface area (TPSA) is 26.9 Å². The molecule has 0 aliphatic carbocycles. The Morgan fingerprint density at radius 1 is 1.33 bits per heavy atom. The first kappa shape index (κ1) is 9.93. The van der Waals surface area contributed by atoms with Crippen LogP contribution in [0.15, 0.2) is 41.2 Å². The first-order valence-corrected chi connectivity index (χ1v) is 5.60. The fourth-order valence-electron chi connectivity index (χ4n) is 1.27. The predicted molar refractivity (Wildman–Crippen MR) is 59.9 cm³/mol. The summed E-state index contributed by atoms with van der Waals surface area (Å²) in [6.07, 6.45) is 1.61. The van der Waals surface area contributed by atoms with Crippen LogP contribution in [-0.2, 0) is 0 Å². The Kier molecular flexibility index (Phi) is 2.83.